The fourth-order valence-corrected chi connectivity index (χ4v) is 3.74. The maximum Gasteiger partial charge on any atom is 0.340 e. The molecule has 4 heterocycles. The molecule has 1 atom stereocenters. The van der Waals surface area contributed by atoms with E-state index in [4.69, 9.17) is 11.6 Å². The number of aryl methyl sites for hydroxylation is 1. The number of nitrogens with one attached hydrogen (secondary N) is 2. The normalized spacial score (nSPS) is 17.8. The molecule has 3 aromatic heterocycles. The smallest absolute Gasteiger partial charge is 0.327 e. The van der Waals surface area contributed by atoms with Crippen LogP contribution in [0.5, 0.6) is 0 Å². The van der Waals surface area contributed by atoms with Crippen molar-refractivity contribution >= 4 is 23.2 Å². The van der Waals surface area contributed by atoms with Gasteiger partial charge in [-0.2, -0.15) is 5.10 Å². The van der Waals surface area contributed by atoms with Gasteiger partial charge in [-0.25, -0.2) is 14.9 Å². The number of piperidine rings is 1. The summed E-state index contributed by atoms with van der Waals surface area (Å²) in [6.45, 7) is 2.58. The summed E-state index contributed by atoms with van der Waals surface area (Å²) in [5.74, 6) is 0.373. The number of fused-ring (bicyclic) bond motifs is 1. The molecule has 0 bridgehead atoms. The molecule has 0 saturated carbocycles. The first-order chi connectivity index (χ1) is 12.6. The molecule has 26 heavy (non-hydrogen) atoms. The molecule has 2 N–H and O–H groups in total. The molecule has 136 valence electrons. The maximum atomic E-state index is 13.4. The van der Waals surface area contributed by atoms with Crippen LogP contribution < -0.4 is 5.69 Å². The van der Waals surface area contributed by atoms with E-state index in [9.17, 15) is 9.59 Å². The second kappa shape index (κ2) is 6.60. The standard InChI is InChI=1S/C17H19ClN6O2/c1-2-11-14(24-9-10(18)6-7-13(24)19-11)16(25)23-8-4-3-5-12(23)15-20-17(26)22-21-15/h6-7,9,12H,2-5,8H2,1H3,(H2,20,21,22,26). The summed E-state index contributed by atoms with van der Waals surface area (Å²) in [6, 6.07) is 3.30. The highest BCUT2D eigenvalue weighted by atomic mass is 35.5. The minimum Gasteiger partial charge on any atom is -0.327 e. The summed E-state index contributed by atoms with van der Waals surface area (Å²) in [5.41, 5.74) is 1.58. The average Bonchev–Trinajstić information content (AvgIpc) is 3.24. The van der Waals surface area contributed by atoms with Crippen LogP contribution >= 0.6 is 11.6 Å². The van der Waals surface area contributed by atoms with Crippen LogP contribution in [0.1, 0.15) is 54.2 Å². The van der Waals surface area contributed by atoms with E-state index in [2.05, 4.69) is 20.2 Å². The Morgan fingerprint density at radius 2 is 2.23 bits per heavy atom. The summed E-state index contributed by atoms with van der Waals surface area (Å²) in [4.78, 5) is 33.9. The van der Waals surface area contributed by atoms with Crippen LogP contribution in [0.25, 0.3) is 5.65 Å². The van der Waals surface area contributed by atoms with Crippen LogP contribution in [0.3, 0.4) is 0 Å². The molecule has 0 aromatic carbocycles. The number of H-pyrrole nitrogens is 2. The van der Waals surface area contributed by atoms with Crippen molar-refractivity contribution in [2.24, 2.45) is 0 Å². The molecular weight excluding hydrogens is 356 g/mol. The van der Waals surface area contributed by atoms with Gasteiger partial charge >= 0.3 is 5.69 Å². The van der Waals surface area contributed by atoms with E-state index in [1.807, 2.05) is 6.92 Å². The maximum absolute atomic E-state index is 13.4. The molecule has 0 aliphatic carbocycles. The first kappa shape index (κ1) is 16.8. The van der Waals surface area contributed by atoms with Crippen LogP contribution in [-0.4, -0.2) is 41.9 Å². The number of aromatic nitrogens is 5. The second-order valence-corrected chi connectivity index (χ2v) is 6.85. The zero-order valence-corrected chi connectivity index (χ0v) is 15.1. The first-order valence-electron chi connectivity index (χ1n) is 8.70. The summed E-state index contributed by atoms with van der Waals surface area (Å²) >= 11 is 6.13. The highest BCUT2D eigenvalue weighted by Crippen LogP contribution is 2.30. The van der Waals surface area contributed by atoms with Gasteiger partial charge in [0.2, 0.25) is 0 Å². The molecule has 3 aromatic rings. The van der Waals surface area contributed by atoms with Gasteiger partial charge in [-0.15, -0.1) is 0 Å². The Bertz CT molecular complexity index is 1020. The minimum absolute atomic E-state index is 0.120. The third-order valence-corrected chi connectivity index (χ3v) is 5.01. The zero-order valence-electron chi connectivity index (χ0n) is 14.3. The number of nitrogens with zero attached hydrogens (tertiary/aromatic N) is 4. The molecule has 4 rings (SSSR count). The number of carbonyl (C=O) groups excluding carboxylic acids is 1. The molecule has 0 spiro atoms. The van der Waals surface area contributed by atoms with E-state index in [1.54, 1.807) is 27.6 Å². The minimum atomic E-state index is -0.367. The van der Waals surface area contributed by atoms with Gasteiger partial charge in [0, 0.05) is 12.7 Å². The number of hydrogen-bond acceptors (Lipinski definition) is 4. The summed E-state index contributed by atoms with van der Waals surface area (Å²) in [7, 11) is 0. The number of likely N-dealkylation sites (tertiary alicyclic amines) is 1. The molecule has 1 fully saturated rings. The van der Waals surface area contributed by atoms with Crippen molar-refractivity contribution in [2.45, 2.75) is 38.6 Å². The van der Waals surface area contributed by atoms with Gasteiger partial charge < -0.3 is 4.90 Å². The average molecular weight is 375 g/mol. The lowest BCUT2D eigenvalue weighted by Gasteiger charge is -2.34. The van der Waals surface area contributed by atoms with Gasteiger partial charge in [-0.05, 0) is 37.8 Å². The predicted octanol–water partition coefficient (Wildman–Crippen LogP) is 2.33. The predicted molar refractivity (Wildman–Crippen MR) is 96.4 cm³/mol. The van der Waals surface area contributed by atoms with Crippen LogP contribution in [0, 0.1) is 0 Å². The summed E-state index contributed by atoms with van der Waals surface area (Å²) in [5, 5.41) is 6.97. The van der Waals surface area contributed by atoms with E-state index in [0.29, 0.717) is 35.2 Å². The number of hydrogen-bond donors (Lipinski definition) is 2. The van der Waals surface area contributed by atoms with Gasteiger partial charge in [-0.3, -0.25) is 14.2 Å². The van der Waals surface area contributed by atoms with Crippen molar-refractivity contribution in [3.8, 4) is 0 Å². The van der Waals surface area contributed by atoms with Crippen LogP contribution in [0.4, 0.5) is 0 Å². The Labute approximate surface area is 154 Å². The van der Waals surface area contributed by atoms with Crippen molar-refractivity contribution in [1.82, 2.24) is 29.5 Å². The molecule has 1 aliphatic heterocycles. The fraction of sp³-hybridized carbons (Fsp3) is 0.412. The molecule has 8 nitrogen and oxygen atoms in total. The third-order valence-electron chi connectivity index (χ3n) is 4.79. The topological polar surface area (TPSA) is 99.2 Å². The lowest BCUT2D eigenvalue weighted by molar-refractivity contribution is 0.0592. The highest BCUT2D eigenvalue weighted by molar-refractivity contribution is 6.30. The van der Waals surface area contributed by atoms with E-state index in [-0.39, 0.29) is 17.6 Å². The number of rotatable bonds is 3. The number of carbonyl (C=O) groups is 1. The monoisotopic (exact) mass is 374 g/mol. The van der Waals surface area contributed by atoms with Crippen LogP contribution in [0.15, 0.2) is 23.1 Å². The Morgan fingerprint density at radius 3 is 2.96 bits per heavy atom. The second-order valence-electron chi connectivity index (χ2n) is 6.41. The third kappa shape index (κ3) is 2.80. The largest absolute Gasteiger partial charge is 0.340 e. The summed E-state index contributed by atoms with van der Waals surface area (Å²) < 4.78 is 1.75. The number of halogens is 1. The van der Waals surface area contributed by atoms with Crippen LogP contribution in [0.2, 0.25) is 5.02 Å². The number of pyridine rings is 1. The van der Waals surface area contributed by atoms with Crippen molar-refractivity contribution in [1.29, 1.82) is 0 Å². The van der Waals surface area contributed by atoms with Gasteiger partial charge in [0.1, 0.15) is 11.3 Å². The molecule has 1 amide bonds. The Hall–Kier alpha value is -2.61. The summed E-state index contributed by atoms with van der Waals surface area (Å²) in [6.07, 6.45) is 4.99. The van der Waals surface area contributed by atoms with Crippen molar-refractivity contribution < 1.29 is 4.79 Å². The highest BCUT2D eigenvalue weighted by Gasteiger charge is 2.33. The van der Waals surface area contributed by atoms with E-state index >= 15 is 0 Å². The van der Waals surface area contributed by atoms with Crippen molar-refractivity contribution in [3.05, 3.63) is 51.0 Å². The molecule has 1 unspecified atom stereocenters. The van der Waals surface area contributed by atoms with Crippen molar-refractivity contribution in [2.75, 3.05) is 6.54 Å². The Balaban J connectivity index is 1.79. The van der Waals surface area contributed by atoms with E-state index < -0.39 is 0 Å². The first-order valence-corrected chi connectivity index (χ1v) is 9.08. The Kier molecular flexibility index (Phi) is 4.28. The molecule has 1 aliphatic rings. The molecule has 1 saturated heterocycles. The quantitative estimate of drug-likeness (QED) is 0.734. The lowest BCUT2D eigenvalue weighted by atomic mass is 10.0. The van der Waals surface area contributed by atoms with Gasteiger partial charge in [0.25, 0.3) is 5.91 Å². The Morgan fingerprint density at radius 1 is 1.38 bits per heavy atom. The molecular formula is C17H19ClN6O2. The van der Waals surface area contributed by atoms with E-state index in [1.165, 1.54) is 0 Å². The lowest BCUT2D eigenvalue weighted by Crippen LogP contribution is -2.40. The van der Waals surface area contributed by atoms with Gasteiger partial charge in [-0.1, -0.05) is 18.5 Å². The number of aromatic amines is 2. The van der Waals surface area contributed by atoms with Crippen molar-refractivity contribution in [3.63, 3.8) is 0 Å². The van der Waals surface area contributed by atoms with Crippen LogP contribution in [-0.2, 0) is 6.42 Å². The van der Waals surface area contributed by atoms with Gasteiger partial charge in [0.05, 0.1) is 16.8 Å². The molecule has 0 radical (unpaired) electrons. The molecule has 9 heteroatoms. The fourth-order valence-electron chi connectivity index (χ4n) is 3.58. The SMILES string of the molecule is CCc1nc2ccc(Cl)cn2c1C(=O)N1CCCCC1c1n[nH]c(=O)[nH]1. The zero-order chi connectivity index (χ0) is 18.3. The van der Waals surface area contributed by atoms with Gasteiger partial charge in [0.15, 0.2) is 5.82 Å². The number of imidazole rings is 1. The number of amides is 1. The van der Waals surface area contributed by atoms with E-state index in [0.717, 1.165) is 25.0 Å².